The molecule has 80 valence electrons. The molecule has 0 radical (unpaired) electrons. The number of furan rings is 1. The van der Waals surface area contributed by atoms with Crippen LogP contribution in [0.1, 0.15) is 34.0 Å². The number of benzene rings is 1. The molecule has 16 heavy (non-hydrogen) atoms. The molecule has 0 N–H and O–H groups in total. The molecular weight excluding hydrogens is 200 g/mol. The molecular formula is C14H12O2. The van der Waals surface area contributed by atoms with Gasteiger partial charge in [-0.15, -0.1) is 0 Å². The number of ketones is 1. The second-order valence-electron chi connectivity index (χ2n) is 4.20. The van der Waals surface area contributed by atoms with Crippen molar-refractivity contribution in [2.75, 3.05) is 0 Å². The van der Waals surface area contributed by atoms with Gasteiger partial charge in [-0.1, -0.05) is 30.3 Å². The van der Waals surface area contributed by atoms with E-state index in [0.717, 1.165) is 17.7 Å². The van der Waals surface area contributed by atoms with Crippen molar-refractivity contribution in [3.8, 4) is 0 Å². The standard InChI is InChI=1S/C14H12O2/c15-13-8-11(10-4-2-1-3-5-10)9-14-12(13)6-7-16-14/h1-7,11H,8-9H2. The zero-order chi connectivity index (χ0) is 11.0. The van der Waals surface area contributed by atoms with Gasteiger partial charge >= 0.3 is 0 Å². The molecule has 0 saturated carbocycles. The Labute approximate surface area is 93.9 Å². The van der Waals surface area contributed by atoms with Crippen LogP contribution in [0.5, 0.6) is 0 Å². The monoisotopic (exact) mass is 212 g/mol. The molecule has 0 spiro atoms. The molecule has 2 heteroatoms. The van der Waals surface area contributed by atoms with Crippen molar-refractivity contribution in [2.45, 2.75) is 18.8 Å². The zero-order valence-corrected chi connectivity index (χ0v) is 8.85. The van der Waals surface area contributed by atoms with Crippen molar-refractivity contribution in [3.63, 3.8) is 0 Å². The predicted octanol–water partition coefficient (Wildman–Crippen LogP) is 3.19. The Kier molecular flexibility index (Phi) is 2.13. The van der Waals surface area contributed by atoms with E-state index in [2.05, 4.69) is 12.1 Å². The van der Waals surface area contributed by atoms with Gasteiger partial charge in [-0.2, -0.15) is 0 Å². The molecule has 1 aliphatic carbocycles. The van der Waals surface area contributed by atoms with Gasteiger partial charge in [0.15, 0.2) is 5.78 Å². The third-order valence-corrected chi connectivity index (χ3v) is 3.18. The maximum atomic E-state index is 11.9. The summed E-state index contributed by atoms with van der Waals surface area (Å²) in [5, 5.41) is 0. The average Bonchev–Trinajstić information content (AvgIpc) is 2.79. The fourth-order valence-corrected chi connectivity index (χ4v) is 2.34. The van der Waals surface area contributed by atoms with Crippen LogP contribution in [0.3, 0.4) is 0 Å². The van der Waals surface area contributed by atoms with Crippen LogP contribution in [0, 0.1) is 0 Å². The summed E-state index contributed by atoms with van der Waals surface area (Å²) >= 11 is 0. The second-order valence-corrected chi connectivity index (χ2v) is 4.20. The third kappa shape index (κ3) is 1.47. The number of Topliss-reactive ketones (excluding diaryl/α,β-unsaturated/α-hetero) is 1. The normalized spacial score (nSPS) is 19.5. The smallest absolute Gasteiger partial charge is 0.167 e. The van der Waals surface area contributed by atoms with Crippen molar-refractivity contribution >= 4 is 5.78 Å². The van der Waals surface area contributed by atoms with Crippen molar-refractivity contribution in [3.05, 3.63) is 59.5 Å². The highest BCUT2D eigenvalue weighted by Gasteiger charge is 2.28. The van der Waals surface area contributed by atoms with Crippen molar-refractivity contribution in [2.24, 2.45) is 0 Å². The van der Waals surface area contributed by atoms with Crippen LogP contribution < -0.4 is 0 Å². The SMILES string of the molecule is O=C1CC(c2ccccc2)Cc2occc21. The highest BCUT2D eigenvalue weighted by Crippen LogP contribution is 2.32. The van der Waals surface area contributed by atoms with Gasteiger partial charge in [0.25, 0.3) is 0 Å². The van der Waals surface area contributed by atoms with Crippen LogP contribution in [0.2, 0.25) is 0 Å². The molecule has 1 atom stereocenters. The largest absolute Gasteiger partial charge is 0.469 e. The maximum Gasteiger partial charge on any atom is 0.167 e. The minimum Gasteiger partial charge on any atom is -0.469 e. The number of fused-ring (bicyclic) bond motifs is 1. The lowest BCUT2D eigenvalue weighted by molar-refractivity contribution is 0.0960. The first kappa shape index (κ1) is 9.40. The summed E-state index contributed by atoms with van der Waals surface area (Å²) in [7, 11) is 0. The van der Waals surface area contributed by atoms with Crippen LogP contribution in [0.4, 0.5) is 0 Å². The van der Waals surface area contributed by atoms with E-state index < -0.39 is 0 Å². The van der Waals surface area contributed by atoms with Crippen LogP contribution in [0.15, 0.2) is 47.1 Å². The lowest BCUT2D eigenvalue weighted by Gasteiger charge is -2.20. The van der Waals surface area contributed by atoms with Gasteiger partial charge in [0.1, 0.15) is 5.76 Å². The Morgan fingerprint density at radius 3 is 2.69 bits per heavy atom. The van der Waals surface area contributed by atoms with E-state index >= 15 is 0 Å². The molecule has 1 heterocycles. The Morgan fingerprint density at radius 2 is 1.88 bits per heavy atom. The molecule has 1 aliphatic rings. The molecule has 0 fully saturated rings. The average molecular weight is 212 g/mol. The molecule has 1 unspecified atom stereocenters. The highest BCUT2D eigenvalue weighted by molar-refractivity contribution is 5.98. The van der Waals surface area contributed by atoms with Crippen LogP contribution >= 0.6 is 0 Å². The van der Waals surface area contributed by atoms with Crippen LogP contribution in [-0.2, 0) is 6.42 Å². The molecule has 3 rings (SSSR count). The van der Waals surface area contributed by atoms with E-state index in [4.69, 9.17) is 4.42 Å². The molecule has 0 bridgehead atoms. The van der Waals surface area contributed by atoms with Crippen molar-refractivity contribution in [1.29, 1.82) is 0 Å². The summed E-state index contributed by atoms with van der Waals surface area (Å²) in [6, 6.07) is 11.9. The van der Waals surface area contributed by atoms with Crippen LogP contribution in [-0.4, -0.2) is 5.78 Å². The fraction of sp³-hybridized carbons (Fsp3) is 0.214. The summed E-state index contributed by atoms with van der Waals surface area (Å²) < 4.78 is 5.36. The summed E-state index contributed by atoms with van der Waals surface area (Å²) in [5.74, 6) is 1.31. The van der Waals surface area contributed by atoms with Crippen molar-refractivity contribution in [1.82, 2.24) is 0 Å². The van der Waals surface area contributed by atoms with E-state index in [1.165, 1.54) is 5.56 Å². The third-order valence-electron chi connectivity index (χ3n) is 3.18. The van der Waals surface area contributed by atoms with Crippen molar-refractivity contribution < 1.29 is 9.21 Å². The van der Waals surface area contributed by atoms with E-state index in [0.29, 0.717) is 6.42 Å². The van der Waals surface area contributed by atoms with Gasteiger partial charge < -0.3 is 4.42 Å². The summed E-state index contributed by atoms with van der Waals surface area (Å²) in [6.45, 7) is 0. The summed E-state index contributed by atoms with van der Waals surface area (Å²) in [5.41, 5.74) is 1.99. The first-order chi connectivity index (χ1) is 7.84. The second kappa shape index (κ2) is 3.63. The molecule has 2 aromatic rings. The van der Waals surface area contributed by atoms with Gasteiger partial charge in [-0.05, 0) is 17.5 Å². The Hall–Kier alpha value is -1.83. The molecule has 0 amide bonds. The van der Waals surface area contributed by atoms with Crippen LogP contribution in [0.25, 0.3) is 0 Å². The fourth-order valence-electron chi connectivity index (χ4n) is 2.34. The lowest BCUT2D eigenvalue weighted by Crippen LogP contribution is -2.17. The van der Waals surface area contributed by atoms with E-state index in [9.17, 15) is 4.79 Å². The Balaban J connectivity index is 1.95. The quantitative estimate of drug-likeness (QED) is 0.726. The minimum absolute atomic E-state index is 0.198. The Bertz CT molecular complexity index is 511. The van der Waals surface area contributed by atoms with E-state index in [1.807, 2.05) is 18.2 Å². The number of hydrogen-bond donors (Lipinski definition) is 0. The van der Waals surface area contributed by atoms with Gasteiger partial charge in [-0.25, -0.2) is 0 Å². The van der Waals surface area contributed by atoms with E-state index in [1.54, 1.807) is 12.3 Å². The minimum atomic E-state index is 0.198. The topological polar surface area (TPSA) is 30.2 Å². The van der Waals surface area contributed by atoms with Gasteiger partial charge in [0, 0.05) is 12.8 Å². The Morgan fingerprint density at radius 1 is 1.06 bits per heavy atom. The molecule has 2 nitrogen and oxygen atoms in total. The molecule has 0 aliphatic heterocycles. The number of hydrogen-bond acceptors (Lipinski definition) is 2. The number of carbonyl (C=O) groups excluding carboxylic acids is 1. The zero-order valence-electron chi connectivity index (χ0n) is 8.85. The van der Waals surface area contributed by atoms with Gasteiger partial charge in [0.05, 0.1) is 11.8 Å². The van der Waals surface area contributed by atoms with Gasteiger partial charge in [0.2, 0.25) is 0 Å². The first-order valence-electron chi connectivity index (χ1n) is 5.49. The van der Waals surface area contributed by atoms with Gasteiger partial charge in [-0.3, -0.25) is 4.79 Å². The van der Waals surface area contributed by atoms with E-state index in [-0.39, 0.29) is 11.7 Å². The number of carbonyl (C=O) groups is 1. The molecule has 1 aromatic carbocycles. The molecule has 0 saturated heterocycles. The number of rotatable bonds is 1. The molecule has 1 aromatic heterocycles. The first-order valence-corrected chi connectivity index (χ1v) is 5.49. The predicted molar refractivity (Wildman–Crippen MR) is 60.5 cm³/mol. The summed E-state index contributed by atoms with van der Waals surface area (Å²) in [6.07, 6.45) is 3.03. The summed E-state index contributed by atoms with van der Waals surface area (Å²) in [4.78, 5) is 11.9. The lowest BCUT2D eigenvalue weighted by atomic mass is 9.83. The highest BCUT2D eigenvalue weighted by atomic mass is 16.3. The maximum absolute atomic E-state index is 11.9.